The number of nitrogens with zero attached hydrogens (tertiary/aromatic N) is 3. The number of carboxylic acids is 1. The quantitative estimate of drug-likeness (QED) is 0.580. The van der Waals surface area contributed by atoms with Crippen molar-refractivity contribution in [1.29, 1.82) is 0 Å². The number of halogens is 1. The summed E-state index contributed by atoms with van der Waals surface area (Å²) in [6, 6.07) is 0.748. The van der Waals surface area contributed by atoms with Gasteiger partial charge in [-0.3, -0.25) is 4.79 Å². The lowest BCUT2D eigenvalue weighted by molar-refractivity contribution is 0.0694. The van der Waals surface area contributed by atoms with E-state index in [0.29, 0.717) is 30.9 Å². The first-order chi connectivity index (χ1) is 15.8. The first kappa shape index (κ1) is 21.4. The van der Waals surface area contributed by atoms with Gasteiger partial charge in [0.25, 0.3) is 0 Å². The van der Waals surface area contributed by atoms with E-state index in [1.54, 1.807) is 10.8 Å². The lowest BCUT2D eigenvalue weighted by atomic mass is 10.00. The second-order valence-electron chi connectivity index (χ2n) is 8.80. The van der Waals surface area contributed by atoms with Crippen LogP contribution in [0.4, 0.5) is 10.1 Å². The molecule has 2 aliphatic rings. The predicted octanol–water partition coefficient (Wildman–Crippen LogP) is 3.01. The zero-order chi connectivity index (χ0) is 23.4. The Morgan fingerprint density at radius 1 is 1.39 bits per heavy atom. The van der Waals surface area contributed by atoms with Gasteiger partial charge >= 0.3 is 5.97 Å². The van der Waals surface area contributed by atoms with Crippen LogP contribution in [0.3, 0.4) is 0 Å². The fraction of sp³-hybridized carbons (Fsp3) is 0.435. The molecule has 1 aliphatic carbocycles. The van der Waals surface area contributed by atoms with Gasteiger partial charge in [0.05, 0.1) is 29.7 Å². The van der Waals surface area contributed by atoms with Crippen molar-refractivity contribution in [3.05, 3.63) is 51.7 Å². The normalized spacial score (nSPS) is 19.3. The number of aryl methyl sites for hydroxylation is 1. The van der Waals surface area contributed by atoms with E-state index < -0.39 is 23.3 Å². The van der Waals surface area contributed by atoms with Crippen molar-refractivity contribution in [3.8, 4) is 5.75 Å². The number of aromatic nitrogens is 2. The van der Waals surface area contributed by atoms with Crippen molar-refractivity contribution in [2.24, 2.45) is 11.7 Å². The summed E-state index contributed by atoms with van der Waals surface area (Å²) in [5.74, 6) is -1.30. The molecule has 3 aromatic rings. The number of fused-ring (bicyclic) bond motifs is 1. The Balaban J connectivity index is 1.60. The number of pyridine rings is 1. The van der Waals surface area contributed by atoms with Gasteiger partial charge in [-0.1, -0.05) is 0 Å². The fourth-order valence-corrected chi connectivity index (χ4v) is 4.73. The van der Waals surface area contributed by atoms with Gasteiger partial charge in [0.2, 0.25) is 11.3 Å². The van der Waals surface area contributed by atoms with Crippen LogP contribution >= 0.6 is 0 Å². The van der Waals surface area contributed by atoms with Crippen LogP contribution in [-0.2, 0) is 0 Å². The number of rotatable bonds is 6. The van der Waals surface area contributed by atoms with Gasteiger partial charge in [-0.05, 0) is 32.3 Å². The van der Waals surface area contributed by atoms with Gasteiger partial charge in [0, 0.05) is 31.2 Å². The molecule has 33 heavy (non-hydrogen) atoms. The second-order valence-corrected chi connectivity index (χ2v) is 8.80. The molecule has 174 valence electrons. The molecule has 1 saturated carbocycles. The first-order valence-electron chi connectivity index (χ1n) is 10.9. The standard InChI is InChI=1S/C23H25FN4O5/c1-11-10-33-22(26-11)17(25)12-5-6-27(8-12)19-16(24)7-14-18(21(19)32-2)28(13-3-4-13)9-15(20(14)29)23(30)31/h7,9-10,12-13,17H,3-6,8,25H2,1-2H3,(H,30,31). The molecule has 0 bridgehead atoms. The van der Waals surface area contributed by atoms with E-state index in [0.717, 1.165) is 24.6 Å². The average Bonchev–Trinajstić information content (AvgIpc) is 3.35. The topological polar surface area (TPSA) is 124 Å². The molecule has 3 N–H and O–H groups in total. The van der Waals surface area contributed by atoms with Crippen LogP contribution in [0.2, 0.25) is 0 Å². The number of anilines is 1. The van der Waals surface area contributed by atoms with Crippen LogP contribution < -0.4 is 20.8 Å². The Bertz CT molecular complexity index is 1310. The van der Waals surface area contributed by atoms with Crippen molar-refractivity contribution in [1.82, 2.24) is 9.55 Å². The van der Waals surface area contributed by atoms with E-state index >= 15 is 4.39 Å². The van der Waals surface area contributed by atoms with E-state index in [1.807, 2.05) is 11.8 Å². The van der Waals surface area contributed by atoms with Crippen molar-refractivity contribution >= 4 is 22.6 Å². The summed E-state index contributed by atoms with van der Waals surface area (Å²) in [6.45, 7) is 2.82. The molecule has 3 heterocycles. The number of hydrogen-bond donors (Lipinski definition) is 2. The summed E-state index contributed by atoms with van der Waals surface area (Å²) in [4.78, 5) is 30.7. The number of benzene rings is 1. The van der Waals surface area contributed by atoms with Gasteiger partial charge in [-0.25, -0.2) is 14.2 Å². The molecule has 0 radical (unpaired) electrons. The first-order valence-corrected chi connectivity index (χ1v) is 10.9. The second kappa shape index (κ2) is 7.87. The van der Waals surface area contributed by atoms with Gasteiger partial charge in [0.15, 0.2) is 11.6 Å². The molecule has 1 saturated heterocycles. The highest BCUT2D eigenvalue weighted by Crippen LogP contribution is 2.45. The zero-order valence-corrected chi connectivity index (χ0v) is 18.4. The summed E-state index contributed by atoms with van der Waals surface area (Å²) in [6.07, 6.45) is 5.31. The number of oxazole rings is 1. The van der Waals surface area contributed by atoms with Gasteiger partial charge in [-0.2, -0.15) is 0 Å². The Labute approximate surface area is 188 Å². The van der Waals surface area contributed by atoms with Gasteiger partial charge in [-0.15, -0.1) is 0 Å². The predicted molar refractivity (Wildman–Crippen MR) is 118 cm³/mol. The highest BCUT2D eigenvalue weighted by atomic mass is 19.1. The smallest absolute Gasteiger partial charge is 0.341 e. The number of nitrogens with two attached hydrogens (primary N) is 1. The summed E-state index contributed by atoms with van der Waals surface area (Å²) < 4.78 is 28.3. The highest BCUT2D eigenvalue weighted by Gasteiger charge is 2.36. The van der Waals surface area contributed by atoms with E-state index in [-0.39, 0.29) is 34.3 Å². The number of carboxylic acid groups (broad SMARTS) is 1. The van der Waals surface area contributed by atoms with Crippen LogP contribution in [-0.4, -0.2) is 40.8 Å². The fourth-order valence-electron chi connectivity index (χ4n) is 4.73. The summed E-state index contributed by atoms with van der Waals surface area (Å²) >= 11 is 0. The number of hydrogen-bond acceptors (Lipinski definition) is 7. The molecule has 2 fully saturated rings. The SMILES string of the molecule is COc1c(N2CCC(C(N)c3nc(C)co3)C2)c(F)cc2c(=O)c(C(=O)O)cn(C3CC3)c12. The summed E-state index contributed by atoms with van der Waals surface area (Å²) in [5, 5.41) is 9.48. The molecule has 2 aromatic heterocycles. The molecule has 0 spiro atoms. The number of carbonyl (C=O) groups is 1. The minimum absolute atomic E-state index is 0.00242. The van der Waals surface area contributed by atoms with Gasteiger partial charge in [0.1, 0.15) is 17.5 Å². The van der Waals surface area contributed by atoms with E-state index in [1.165, 1.54) is 13.3 Å². The van der Waals surface area contributed by atoms with Crippen LogP contribution in [0.25, 0.3) is 10.9 Å². The monoisotopic (exact) mass is 456 g/mol. The van der Waals surface area contributed by atoms with Crippen molar-refractivity contribution < 1.29 is 23.4 Å². The molecule has 0 amide bonds. The third kappa shape index (κ3) is 3.54. The Morgan fingerprint density at radius 2 is 2.15 bits per heavy atom. The van der Waals surface area contributed by atoms with Crippen molar-refractivity contribution in [3.63, 3.8) is 0 Å². The molecule has 1 aliphatic heterocycles. The minimum atomic E-state index is -1.34. The van der Waals surface area contributed by atoms with E-state index in [2.05, 4.69) is 4.98 Å². The molecule has 1 aromatic carbocycles. The molecular weight excluding hydrogens is 431 g/mol. The summed E-state index contributed by atoms with van der Waals surface area (Å²) in [7, 11) is 1.43. The molecule has 10 heteroatoms. The van der Waals surface area contributed by atoms with Gasteiger partial charge < -0.3 is 29.5 Å². The lowest BCUT2D eigenvalue weighted by Crippen LogP contribution is -2.27. The number of aromatic carboxylic acids is 1. The van der Waals surface area contributed by atoms with Crippen LogP contribution in [0, 0.1) is 18.7 Å². The average molecular weight is 456 g/mol. The maximum atomic E-state index is 15.5. The maximum absolute atomic E-state index is 15.5. The lowest BCUT2D eigenvalue weighted by Gasteiger charge is -2.25. The van der Waals surface area contributed by atoms with E-state index in [9.17, 15) is 14.7 Å². The number of methoxy groups -OCH3 is 1. The highest BCUT2D eigenvalue weighted by molar-refractivity contribution is 5.97. The third-order valence-electron chi connectivity index (χ3n) is 6.54. The van der Waals surface area contributed by atoms with Crippen molar-refractivity contribution in [2.75, 3.05) is 25.1 Å². The third-order valence-corrected chi connectivity index (χ3v) is 6.54. The molecule has 5 rings (SSSR count). The molecule has 2 unspecified atom stereocenters. The molecular formula is C23H25FN4O5. The Hall–Kier alpha value is -3.40. The van der Waals surface area contributed by atoms with Crippen molar-refractivity contribution in [2.45, 2.75) is 38.3 Å². The summed E-state index contributed by atoms with van der Waals surface area (Å²) in [5.41, 5.74) is 6.70. The molecule has 9 nitrogen and oxygen atoms in total. The minimum Gasteiger partial charge on any atom is -0.492 e. The Morgan fingerprint density at radius 3 is 2.76 bits per heavy atom. The maximum Gasteiger partial charge on any atom is 0.341 e. The Kier molecular flexibility index (Phi) is 5.12. The van der Waals surface area contributed by atoms with Crippen LogP contribution in [0.15, 0.2) is 27.7 Å². The van der Waals surface area contributed by atoms with E-state index in [4.69, 9.17) is 14.9 Å². The zero-order valence-electron chi connectivity index (χ0n) is 18.4. The molecule has 2 atom stereocenters. The number of ether oxygens (including phenoxy) is 1. The van der Waals surface area contributed by atoms with Crippen LogP contribution in [0.1, 0.15) is 53.3 Å². The van der Waals surface area contributed by atoms with Crippen LogP contribution in [0.5, 0.6) is 5.75 Å². The largest absolute Gasteiger partial charge is 0.492 e.